The van der Waals surface area contributed by atoms with Crippen molar-refractivity contribution in [1.29, 1.82) is 0 Å². The fourth-order valence-corrected chi connectivity index (χ4v) is 3.73. The lowest BCUT2D eigenvalue weighted by Crippen LogP contribution is -2.39. The van der Waals surface area contributed by atoms with Crippen molar-refractivity contribution in [3.05, 3.63) is 35.9 Å². The van der Waals surface area contributed by atoms with E-state index >= 15 is 0 Å². The number of nitrogens with zero attached hydrogens (tertiary/aromatic N) is 1. The van der Waals surface area contributed by atoms with Crippen LogP contribution in [0.1, 0.15) is 38.3 Å². The van der Waals surface area contributed by atoms with Crippen molar-refractivity contribution >= 4 is 5.97 Å². The van der Waals surface area contributed by atoms with E-state index in [4.69, 9.17) is 4.74 Å². The first-order chi connectivity index (χ1) is 10.9. The fraction of sp³-hybridized carbons (Fsp3) is 0.611. The van der Waals surface area contributed by atoms with E-state index in [1.54, 1.807) is 11.8 Å². The molecule has 3 nitrogen and oxygen atoms in total. The Balaban J connectivity index is 1.78. The summed E-state index contributed by atoms with van der Waals surface area (Å²) in [6.45, 7) is 3.84. The Hall–Kier alpha value is -1.49. The summed E-state index contributed by atoms with van der Waals surface area (Å²) in [6.07, 6.45) is 1.03. The molecule has 2 aliphatic rings. The molecule has 1 aliphatic carbocycles. The third-order valence-electron chi connectivity index (χ3n) is 5.31. The summed E-state index contributed by atoms with van der Waals surface area (Å²) in [5, 5.41) is 0. The molecule has 23 heavy (non-hydrogen) atoms. The fourth-order valence-electron chi connectivity index (χ4n) is 3.73. The first kappa shape index (κ1) is 16.4. The summed E-state index contributed by atoms with van der Waals surface area (Å²) in [7, 11) is 0. The van der Waals surface area contributed by atoms with Crippen molar-refractivity contribution < 1.29 is 18.3 Å². The number of ether oxygens (including phenoxy) is 1. The van der Waals surface area contributed by atoms with Gasteiger partial charge in [-0.2, -0.15) is 0 Å². The Bertz CT molecular complexity index is 572. The summed E-state index contributed by atoms with van der Waals surface area (Å²) < 4.78 is 34.3. The van der Waals surface area contributed by atoms with Crippen LogP contribution in [-0.4, -0.2) is 36.5 Å². The van der Waals surface area contributed by atoms with Gasteiger partial charge in [0, 0.05) is 12.6 Å². The zero-order valence-electron chi connectivity index (χ0n) is 13.6. The average Bonchev–Trinajstić information content (AvgIpc) is 3.27. The summed E-state index contributed by atoms with van der Waals surface area (Å²) in [4.78, 5) is 14.0. The van der Waals surface area contributed by atoms with Gasteiger partial charge < -0.3 is 4.74 Å². The van der Waals surface area contributed by atoms with Crippen LogP contribution in [0.2, 0.25) is 0 Å². The molecular formula is C18H23F2NO2. The average molecular weight is 323 g/mol. The number of likely N-dealkylation sites (tertiary alicyclic amines) is 1. The number of halogens is 2. The van der Waals surface area contributed by atoms with Crippen LogP contribution in [0.25, 0.3) is 0 Å². The Morgan fingerprint density at radius 1 is 1.35 bits per heavy atom. The van der Waals surface area contributed by atoms with E-state index in [1.165, 1.54) is 0 Å². The van der Waals surface area contributed by atoms with Gasteiger partial charge in [-0.3, -0.25) is 9.69 Å². The van der Waals surface area contributed by atoms with Crippen LogP contribution in [-0.2, 0) is 9.53 Å². The first-order valence-corrected chi connectivity index (χ1v) is 8.25. The molecular weight excluding hydrogens is 300 g/mol. The van der Waals surface area contributed by atoms with E-state index in [9.17, 15) is 13.6 Å². The first-order valence-electron chi connectivity index (χ1n) is 8.25. The van der Waals surface area contributed by atoms with Crippen molar-refractivity contribution in [1.82, 2.24) is 4.90 Å². The van der Waals surface area contributed by atoms with Gasteiger partial charge in [0.15, 0.2) is 0 Å². The SMILES string of the molecule is CCOC(=O)C1([C@@H]2CN([C@@H](C)c3ccccc3)CC2(F)F)CC1. The minimum Gasteiger partial charge on any atom is -0.466 e. The molecule has 2 atom stereocenters. The van der Waals surface area contributed by atoms with Crippen LogP contribution in [0.15, 0.2) is 30.3 Å². The van der Waals surface area contributed by atoms with Gasteiger partial charge in [-0.05, 0) is 32.3 Å². The lowest BCUT2D eigenvalue weighted by molar-refractivity contribution is -0.158. The smallest absolute Gasteiger partial charge is 0.312 e. The van der Waals surface area contributed by atoms with Gasteiger partial charge in [0.25, 0.3) is 5.92 Å². The summed E-state index contributed by atoms with van der Waals surface area (Å²) in [6, 6.07) is 9.56. The highest BCUT2D eigenvalue weighted by atomic mass is 19.3. The van der Waals surface area contributed by atoms with Crippen LogP contribution in [0.5, 0.6) is 0 Å². The second kappa shape index (κ2) is 5.86. The van der Waals surface area contributed by atoms with Gasteiger partial charge in [-0.25, -0.2) is 8.78 Å². The van der Waals surface area contributed by atoms with Gasteiger partial charge in [0.05, 0.1) is 24.5 Å². The van der Waals surface area contributed by atoms with E-state index < -0.39 is 23.2 Å². The summed E-state index contributed by atoms with van der Waals surface area (Å²) >= 11 is 0. The third kappa shape index (κ3) is 2.87. The second-order valence-electron chi connectivity index (χ2n) is 6.71. The molecule has 1 saturated heterocycles. The van der Waals surface area contributed by atoms with Crippen LogP contribution in [0.4, 0.5) is 8.78 Å². The molecule has 0 amide bonds. The lowest BCUT2D eigenvalue weighted by atomic mass is 9.86. The van der Waals surface area contributed by atoms with Gasteiger partial charge in [0.2, 0.25) is 0 Å². The van der Waals surface area contributed by atoms with Crippen molar-refractivity contribution in [3.63, 3.8) is 0 Å². The van der Waals surface area contributed by atoms with E-state index in [1.807, 2.05) is 37.3 Å². The van der Waals surface area contributed by atoms with Crippen LogP contribution in [0, 0.1) is 11.3 Å². The highest BCUT2D eigenvalue weighted by molar-refractivity contribution is 5.80. The Morgan fingerprint density at radius 3 is 2.57 bits per heavy atom. The predicted octanol–water partition coefficient (Wildman–Crippen LogP) is 3.66. The number of hydrogen-bond acceptors (Lipinski definition) is 3. The van der Waals surface area contributed by atoms with Gasteiger partial charge in [-0.15, -0.1) is 0 Å². The van der Waals surface area contributed by atoms with Crippen molar-refractivity contribution in [2.24, 2.45) is 11.3 Å². The van der Waals surface area contributed by atoms with E-state index in [0.29, 0.717) is 12.8 Å². The minimum atomic E-state index is -2.85. The molecule has 126 valence electrons. The molecule has 1 aromatic carbocycles. The molecule has 0 bridgehead atoms. The maximum absolute atomic E-state index is 14.6. The molecule has 3 rings (SSSR count). The molecule has 0 unspecified atom stereocenters. The zero-order valence-corrected chi connectivity index (χ0v) is 13.6. The molecule has 2 fully saturated rings. The Morgan fingerprint density at radius 2 is 2.00 bits per heavy atom. The van der Waals surface area contributed by atoms with Gasteiger partial charge >= 0.3 is 5.97 Å². The molecule has 5 heteroatoms. The quantitative estimate of drug-likeness (QED) is 0.775. The van der Waals surface area contributed by atoms with Crippen LogP contribution < -0.4 is 0 Å². The maximum Gasteiger partial charge on any atom is 0.312 e. The van der Waals surface area contributed by atoms with Gasteiger partial charge in [0.1, 0.15) is 0 Å². The number of alkyl halides is 2. The Labute approximate surface area is 135 Å². The van der Waals surface area contributed by atoms with Gasteiger partial charge in [-0.1, -0.05) is 30.3 Å². The zero-order chi connectivity index (χ0) is 16.7. The van der Waals surface area contributed by atoms with Crippen molar-refractivity contribution in [3.8, 4) is 0 Å². The minimum absolute atomic E-state index is 0.0925. The maximum atomic E-state index is 14.6. The molecule has 0 N–H and O–H groups in total. The largest absolute Gasteiger partial charge is 0.466 e. The van der Waals surface area contributed by atoms with Crippen molar-refractivity contribution in [2.75, 3.05) is 19.7 Å². The molecule has 1 aromatic rings. The highest BCUT2D eigenvalue weighted by Crippen LogP contribution is 2.60. The second-order valence-corrected chi connectivity index (χ2v) is 6.71. The predicted molar refractivity (Wildman–Crippen MR) is 83.2 cm³/mol. The number of benzene rings is 1. The molecule has 0 radical (unpaired) electrons. The van der Waals surface area contributed by atoms with Crippen LogP contribution in [0.3, 0.4) is 0 Å². The number of carbonyl (C=O) groups is 1. The van der Waals surface area contributed by atoms with Crippen LogP contribution >= 0.6 is 0 Å². The topological polar surface area (TPSA) is 29.5 Å². The number of carbonyl (C=O) groups excluding carboxylic acids is 1. The molecule has 1 heterocycles. The monoisotopic (exact) mass is 323 g/mol. The molecule has 1 saturated carbocycles. The normalized spacial score (nSPS) is 26.7. The lowest BCUT2D eigenvalue weighted by Gasteiger charge is -2.26. The molecule has 0 spiro atoms. The standard InChI is InChI=1S/C18H23F2NO2/c1-3-23-16(22)17(9-10-17)15-11-21(12-18(15,19)20)13(2)14-7-5-4-6-8-14/h4-8,13,15H,3,9-12H2,1-2H3/t13-,15-/m0/s1. The Kier molecular flexibility index (Phi) is 4.17. The number of rotatable bonds is 5. The third-order valence-corrected chi connectivity index (χ3v) is 5.31. The summed E-state index contributed by atoms with van der Waals surface area (Å²) in [5.41, 5.74) is 0.0509. The number of hydrogen-bond donors (Lipinski definition) is 0. The molecule has 1 aliphatic heterocycles. The van der Waals surface area contributed by atoms with E-state index in [2.05, 4.69) is 0 Å². The molecule has 0 aromatic heterocycles. The highest BCUT2D eigenvalue weighted by Gasteiger charge is 2.67. The van der Waals surface area contributed by atoms with E-state index in [0.717, 1.165) is 5.56 Å². The number of esters is 1. The summed E-state index contributed by atoms with van der Waals surface area (Å²) in [5.74, 6) is -4.24. The van der Waals surface area contributed by atoms with E-state index in [-0.39, 0.29) is 25.7 Å². The van der Waals surface area contributed by atoms with Crippen molar-refractivity contribution in [2.45, 2.75) is 38.7 Å².